The second kappa shape index (κ2) is 5.66. The van der Waals surface area contributed by atoms with E-state index in [1.807, 2.05) is 14.1 Å². The normalized spacial score (nSPS) is 10.2. The first kappa shape index (κ1) is 13.9. The van der Waals surface area contributed by atoms with Gasteiger partial charge < -0.3 is 10.2 Å². The van der Waals surface area contributed by atoms with Crippen LogP contribution in [0, 0.1) is 12.7 Å². The van der Waals surface area contributed by atoms with Gasteiger partial charge in [-0.05, 0) is 30.7 Å². The highest BCUT2D eigenvalue weighted by molar-refractivity contribution is 5.59. The molecular formula is C12H16FN7. The summed E-state index contributed by atoms with van der Waals surface area (Å²) in [5.41, 5.74) is 3.85. The molecule has 0 aliphatic carbocycles. The summed E-state index contributed by atoms with van der Waals surface area (Å²) >= 11 is 0. The molecular weight excluding hydrogens is 261 g/mol. The van der Waals surface area contributed by atoms with Gasteiger partial charge in [0, 0.05) is 19.8 Å². The third kappa shape index (κ3) is 3.09. The number of hydrogen-bond donors (Lipinski definition) is 3. The van der Waals surface area contributed by atoms with Gasteiger partial charge in [0.15, 0.2) is 0 Å². The largest absolute Gasteiger partial charge is 0.347 e. The van der Waals surface area contributed by atoms with Crippen molar-refractivity contribution in [2.24, 2.45) is 5.84 Å². The van der Waals surface area contributed by atoms with Gasteiger partial charge in [-0.3, -0.25) is 5.43 Å². The lowest BCUT2D eigenvalue weighted by atomic mass is 10.2. The molecule has 0 atom stereocenters. The fraction of sp³-hybridized carbons (Fsp3) is 0.250. The average Bonchev–Trinajstić information content (AvgIpc) is 2.41. The van der Waals surface area contributed by atoms with Crippen molar-refractivity contribution < 1.29 is 4.39 Å². The SMILES string of the molecule is Cc1cc(F)ccc1Nc1nc(NN)nc(N(C)C)n1. The summed E-state index contributed by atoms with van der Waals surface area (Å²) in [7, 11) is 3.62. The number of hydrogen-bond acceptors (Lipinski definition) is 7. The standard InChI is InChI=1S/C12H16FN7/c1-7-6-8(13)4-5-9(7)15-10-16-11(19-14)18-12(17-10)20(2)3/h4-6H,14H2,1-3H3,(H2,15,16,17,18,19). The molecule has 0 bridgehead atoms. The smallest absolute Gasteiger partial charge is 0.243 e. The highest BCUT2D eigenvalue weighted by Crippen LogP contribution is 2.20. The monoisotopic (exact) mass is 277 g/mol. The van der Waals surface area contributed by atoms with Gasteiger partial charge in [0.05, 0.1) is 0 Å². The lowest BCUT2D eigenvalue weighted by molar-refractivity contribution is 0.627. The van der Waals surface area contributed by atoms with E-state index in [9.17, 15) is 4.39 Å². The molecule has 0 aliphatic heterocycles. The molecule has 7 nitrogen and oxygen atoms in total. The molecule has 0 saturated heterocycles. The zero-order valence-corrected chi connectivity index (χ0v) is 11.5. The predicted octanol–water partition coefficient (Wildman–Crippen LogP) is 1.41. The molecule has 20 heavy (non-hydrogen) atoms. The average molecular weight is 277 g/mol. The molecule has 8 heteroatoms. The molecule has 0 aliphatic rings. The van der Waals surface area contributed by atoms with Crippen LogP contribution in [-0.4, -0.2) is 29.0 Å². The van der Waals surface area contributed by atoms with Crippen molar-refractivity contribution in [1.82, 2.24) is 15.0 Å². The third-order valence-electron chi connectivity index (χ3n) is 2.59. The number of nitrogens with one attached hydrogen (secondary N) is 2. The molecule has 0 spiro atoms. The zero-order chi connectivity index (χ0) is 14.7. The van der Waals surface area contributed by atoms with Gasteiger partial charge in [0.2, 0.25) is 17.8 Å². The number of aromatic nitrogens is 3. The van der Waals surface area contributed by atoms with Crippen LogP contribution in [-0.2, 0) is 0 Å². The summed E-state index contributed by atoms with van der Waals surface area (Å²) in [5.74, 6) is 6.06. The van der Waals surface area contributed by atoms with Gasteiger partial charge in [0.25, 0.3) is 0 Å². The topological polar surface area (TPSA) is 92.0 Å². The lowest BCUT2D eigenvalue weighted by Crippen LogP contribution is -2.18. The van der Waals surface area contributed by atoms with Crippen LogP contribution in [0.1, 0.15) is 5.56 Å². The van der Waals surface area contributed by atoms with E-state index in [2.05, 4.69) is 25.7 Å². The fourth-order valence-electron chi connectivity index (χ4n) is 1.57. The zero-order valence-electron chi connectivity index (χ0n) is 11.5. The summed E-state index contributed by atoms with van der Waals surface area (Å²) in [6.07, 6.45) is 0. The molecule has 106 valence electrons. The van der Waals surface area contributed by atoms with Crippen molar-refractivity contribution >= 4 is 23.5 Å². The molecule has 0 unspecified atom stereocenters. The van der Waals surface area contributed by atoms with Crippen LogP contribution in [0.15, 0.2) is 18.2 Å². The van der Waals surface area contributed by atoms with Crippen molar-refractivity contribution in [3.05, 3.63) is 29.6 Å². The van der Waals surface area contributed by atoms with Crippen molar-refractivity contribution in [2.75, 3.05) is 29.7 Å². The quantitative estimate of drug-likeness (QED) is 0.575. The maximum absolute atomic E-state index is 13.1. The first-order valence-corrected chi connectivity index (χ1v) is 5.93. The molecule has 0 radical (unpaired) electrons. The Hall–Kier alpha value is -2.48. The molecule has 2 rings (SSSR count). The maximum Gasteiger partial charge on any atom is 0.243 e. The van der Waals surface area contributed by atoms with Crippen LogP contribution < -0.4 is 21.5 Å². The van der Waals surface area contributed by atoms with Crippen LogP contribution in [0.3, 0.4) is 0 Å². The van der Waals surface area contributed by atoms with Crippen molar-refractivity contribution in [2.45, 2.75) is 6.92 Å². The molecule has 0 fully saturated rings. The van der Waals surface area contributed by atoms with Gasteiger partial charge in [-0.15, -0.1) is 0 Å². The Labute approximate surface area is 116 Å². The number of rotatable bonds is 4. The maximum atomic E-state index is 13.1. The number of nitrogen functional groups attached to an aromatic ring is 1. The molecule has 2 aromatic rings. The van der Waals surface area contributed by atoms with E-state index in [0.29, 0.717) is 17.6 Å². The van der Waals surface area contributed by atoms with E-state index in [1.54, 1.807) is 17.9 Å². The lowest BCUT2D eigenvalue weighted by Gasteiger charge is -2.14. The minimum Gasteiger partial charge on any atom is -0.347 e. The second-order valence-corrected chi connectivity index (χ2v) is 4.41. The van der Waals surface area contributed by atoms with Crippen LogP contribution in [0.4, 0.5) is 27.9 Å². The van der Waals surface area contributed by atoms with Gasteiger partial charge in [-0.2, -0.15) is 15.0 Å². The number of benzene rings is 1. The van der Waals surface area contributed by atoms with Gasteiger partial charge in [-0.25, -0.2) is 10.2 Å². The Morgan fingerprint density at radius 2 is 1.85 bits per heavy atom. The van der Waals surface area contributed by atoms with Crippen LogP contribution in [0.5, 0.6) is 0 Å². The Bertz CT molecular complexity index is 615. The highest BCUT2D eigenvalue weighted by atomic mass is 19.1. The fourth-order valence-corrected chi connectivity index (χ4v) is 1.57. The van der Waals surface area contributed by atoms with Crippen LogP contribution in [0.25, 0.3) is 0 Å². The highest BCUT2D eigenvalue weighted by Gasteiger charge is 2.09. The number of nitrogens with zero attached hydrogens (tertiary/aromatic N) is 4. The minimum atomic E-state index is -0.290. The van der Waals surface area contributed by atoms with Gasteiger partial charge in [0.1, 0.15) is 5.82 Å². The number of hydrazine groups is 1. The van der Waals surface area contributed by atoms with E-state index in [-0.39, 0.29) is 11.8 Å². The number of aryl methyl sites for hydroxylation is 1. The van der Waals surface area contributed by atoms with E-state index < -0.39 is 0 Å². The number of anilines is 4. The van der Waals surface area contributed by atoms with Crippen LogP contribution >= 0.6 is 0 Å². The van der Waals surface area contributed by atoms with Crippen molar-refractivity contribution in [3.8, 4) is 0 Å². The Kier molecular flexibility index (Phi) is 3.94. The van der Waals surface area contributed by atoms with Crippen molar-refractivity contribution in [3.63, 3.8) is 0 Å². The van der Waals surface area contributed by atoms with Crippen molar-refractivity contribution in [1.29, 1.82) is 0 Å². The number of nitrogens with two attached hydrogens (primary N) is 1. The summed E-state index contributed by atoms with van der Waals surface area (Å²) in [5, 5.41) is 3.02. The van der Waals surface area contributed by atoms with E-state index in [0.717, 1.165) is 5.56 Å². The Balaban J connectivity index is 2.34. The summed E-state index contributed by atoms with van der Waals surface area (Å²) in [4.78, 5) is 14.2. The molecule has 0 amide bonds. The molecule has 4 N–H and O–H groups in total. The summed E-state index contributed by atoms with van der Waals surface area (Å²) in [6.45, 7) is 1.79. The van der Waals surface area contributed by atoms with E-state index in [1.165, 1.54) is 12.1 Å². The molecule has 1 heterocycles. The number of halogens is 1. The summed E-state index contributed by atoms with van der Waals surface area (Å²) < 4.78 is 13.1. The predicted molar refractivity (Wildman–Crippen MR) is 76.4 cm³/mol. The van der Waals surface area contributed by atoms with Gasteiger partial charge >= 0.3 is 0 Å². The van der Waals surface area contributed by atoms with Crippen LogP contribution in [0.2, 0.25) is 0 Å². The molecule has 1 aromatic carbocycles. The third-order valence-corrected chi connectivity index (χ3v) is 2.59. The molecule has 1 aromatic heterocycles. The first-order valence-electron chi connectivity index (χ1n) is 5.93. The second-order valence-electron chi connectivity index (χ2n) is 4.41. The Morgan fingerprint density at radius 3 is 2.45 bits per heavy atom. The Morgan fingerprint density at radius 1 is 1.15 bits per heavy atom. The van der Waals surface area contributed by atoms with E-state index >= 15 is 0 Å². The van der Waals surface area contributed by atoms with E-state index in [4.69, 9.17) is 5.84 Å². The minimum absolute atomic E-state index is 0.242. The first-order chi connectivity index (χ1) is 9.49. The van der Waals surface area contributed by atoms with Gasteiger partial charge in [-0.1, -0.05) is 0 Å². The molecule has 0 saturated carbocycles. The summed E-state index contributed by atoms with van der Waals surface area (Å²) in [6, 6.07) is 4.42.